The lowest BCUT2D eigenvalue weighted by Gasteiger charge is -2.06. The fraction of sp³-hybridized carbons (Fsp3) is 0.0769. The number of rotatable bonds is 3. The quantitative estimate of drug-likeness (QED) is 0.934. The lowest BCUT2D eigenvalue weighted by atomic mass is 10.2. The molecule has 0 radical (unpaired) electrons. The van der Waals surface area contributed by atoms with E-state index in [0.29, 0.717) is 10.6 Å². The number of carbonyl (C=O) groups excluding carboxylic acids is 2. The van der Waals surface area contributed by atoms with Crippen LogP contribution in [-0.4, -0.2) is 11.9 Å². The van der Waals surface area contributed by atoms with Gasteiger partial charge in [-0.1, -0.05) is 15.9 Å². The molecule has 2 aromatic rings. The predicted molar refractivity (Wildman–Crippen MR) is 75.5 cm³/mol. The molecule has 19 heavy (non-hydrogen) atoms. The number of thiophene rings is 1. The van der Waals surface area contributed by atoms with Crippen LogP contribution in [0.1, 0.15) is 25.6 Å². The van der Waals surface area contributed by atoms with E-state index < -0.39 is 5.97 Å². The van der Waals surface area contributed by atoms with Gasteiger partial charge in [-0.05, 0) is 37.3 Å². The van der Waals surface area contributed by atoms with Crippen molar-refractivity contribution in [2.75, 3.05) is 5.32 Å². The molecule has 4 nitrogen and oxygen atoms in total. The van der Waals surface area contributed by atoms with Gasteiger partial charge in [-0.3, -0.25) is 4.79 Å². The maximum atomic E-state index is 12.0. The van der Waals surface area contributed by atoms with Crippen LogP contribution in [0, 0.1) is 6.92 Å². The summed E-state index contributed by atoms with van der Waals surface area (Å²) in [5.74, 6) is -1.65. The molecule has 1 aromatic carbocycles. The Balaban J connectivity index is 2.24. The molecule has 1 heterocycles. The SMILES string of the molecule is Cc1cc(C(=O)[O-])c(NC(=O)c2ccc(Br)cc2)s1. The molecule has 0 saturated heterocycles. The van der Waals surface area contributed by atoms with Crippen LogP contribution < -0.4 is 10.4 Å². The van der Waals surface area contributed by atoms with Crippen LogP contribution in [0.4, 0.5) is 5.00 Å². The van der Waals surface area contributed by atoms with Crippen molar-refractivity contribution in [3.05, 3.63) is 50.8 Å². The number of halogens is 1. The number of carbonyl (C=O) groups is 2. The molecule has 0 fully saturated rings. The van der Waals surface area contributed by atoms with Crippen LogP contribution in [0.15, 0.2) is 34.8 Å². The summed E-state index contributed by atoms with van der Waals surface area (Å²) in [6.07, 6.45) is 0. The van der Waals surface area contributed by atoms with Gasteiger partial charge in [-0.25, -0.2) is 0 Å². The maximum Gasteiger partial charge on any atom is 0.256 e. The molecule has 0 atom stereocenters. The minimum absolute atomic E-state index is 0.00737. The topological polar surface area (TPSA) is 69.2 Å². The molecule has 1 N–H and O–H groups in total. The molecule has 0 bridgehead atoms. The third-order valence-corrected chi connectivity index (χ3v) is 3.90. The molecule has 1 amide bonds. The van der Waals surface area contributed by atoms with E-state index in [1.165, 1.54) is 17.4 Å². The monoisotopic (exact) mass is 338 g/mol. The van der Waals surface area contributed by atoms with E-state index in [4.69, 9.17) is 0 Å². The molecule has 6 heteroatoms. The van der Waals surface area contributed by atoms with Crippen molar-refractivity contribution in [2.24, 2.45) is 0 Å². The number of amides is 1. The van der Waals surface area contributed by atoms with Gasteiger partial charge < -0.3 is 15.2 Å². The number of nitrogens with one attached hydrogen (secondary N) is 1. The number of aryl methyl sites for hydroxylation is 1. The van der Waals surface area contributed by atoms with Gasteiger partial charge in [-0.2, -0.15) is 0 Å². The molecular weight excluding hydrogens is 330 g/mol. The van der Waals surface area contributed by atoms with Gasteiger partial charge >= 0.3 is 0 Å². The summed E-state index contributed by atoms with van der Waals surface area (Å²) in [6, 6.07) is 8.27. The molecule has 0 unspecified atom stereocenters. The summed E-state index contributed by atoms with van der Waals surface area (Å²) in [5, 5.41) is 13.8. The lowest BCUT2D eigenvalue weighted by molar-refractivity contribution is -0.254. The average molecular weight is 339 g/mol. The summed E-state index contributed by atoms with van der Waals surface area (Å²) in [6.45, 7) is 1.77. The van der Waals surface area contributed by atoms with Crippen LogP contribution in [0.25, 0.3) is 0 Å². The van der Waals surface area contributed by atoms with Gasteiger partial charge in [-0.15, -0.1) is 11.3 Å². The van der Waals surface area contributed by atoms with E-state index in [9.17, 15) is 14.7 Å². The van der Waals surface area contributed by atoms with Crippen LogP contribution in [0.3, 0.4) is 0 Å². The average Bonchev–Trinajstić information content (AvgIpc) is 2.71. The summed E-state index contributed by atoms with van der Waals surface area (Å²) in [5.41, 5.74) is 0.464. The Morgan fingerprint density at radius 1 is 1.26 bits per heavy atom. The first-order chi connectivity index (χ1) is 8.97. The molecule has 98 valence electrons. The summed E-state index contributed by atoms with van der Waals surface area (Å²) in [7, 11) is 0. The second kappa shape index (κ2) is 5.54. The first kappa shape index (κ1) is 13.8. The Labute approximate surface area is 122 Å². The summed E-state index contributed by atoms with van der Waals surface area (Å²) in [4.78, 5) is 23.7. The van der Waals surface area contributed by atoms with Crippen molar-refractivity contribution in [1.82, 2.24) is 0 Å². The van der Waals surface area contributed by atoms with Crippen LogP contribution in [-0.2, 0) is 0 Å². The zero-order valence-corrected chi connectivity index (χ0v) is 12.3. The standard InChI is InChI=1S/C13H10BrNO3S/c1-7-6-10(13(17)18)12(19-7)15-11(16)8-2-4-9(14)5-3-8/h2-6H,1H3,(H,15,16)(H,17,18)/p-1. The summed E-state index contributed by atoms with van der Waals surface area (Å²) >= 11 is 4.49. The second-order valence-corrected chi connectivity index (χ2v) is 6.02. The fourth-order valence-electron chi connectivity index (χ4n) is 1.54. The summed E-state index contributed by atoms with van der Waals surface area (Å²) < 4.78 is 0.867. The van der Waals surface area contributed by atoms with Crippen LogP contribution in [0.2, 0.25) is 0 Å². The highest BCUT2D eigenvalue weighted by Gasteiger charge is 2.12. The molecule has 1 aromatic heterocycles. The largest absolute Gasteiger partial charge is 0.545 e. The molecule has 0 spiro atoms. The smallest absolute Gasteiger partial charge is 0.256 e. The third kappa shape index (κ3) is 3.21. The number of benzene rings is 1. The Morgan fingerprint density at radius 2 is 1.89 bits per heavy atom. The van der Waals surface area contributed by atoms with E-state index in [-0.39, 0.29) is 11.5 Å². The number of carboxylic acids is 1. The number of aromatic carboxylic acids is 1. The highest BCUT2D eigenvalue weighted by Crippen LogP contribution is 2.27. The zero-order chi connectivity index (χ0) is 14.0. The number of hydrogen-bond acceptors (Lipinski definition) is 4. The molecule has 0 aliphatic rings. The molecule has 0 aliphatic heterocycles. The van der Waals surface area contributed by atoms with E-state index in [2.05, 4.69) is 21.2 Å². The Kier molecular flexibility index (Phi) is 4.01. The van der Waals surface area contributed by atoms with Crippen LogP contribution >= 0.6 is 27.3 Å². The van der Waals surface area contributed by atoms with Gasteiger partial charge in [0.1, 0.15) is 5.00 Å². The predicted octanol–water partition coefficient (Wildman–Crippen LogP) is 2.43. The van der Waals surface area contributed by atoms with Gasteiger partial charge in [0.05, 0.1) is 5.97 Å². The van der Waals surface area contributed by atoms with Gasteiger partial charge in [0.15, 0.2) is 0 Å². The molecule has 0 aliphatic carbocycles. The minimum Gasteiger partial charge on any atom is -0.545 e. The highest BCUT2D eigenvalue weighted by atomic mass is 79.9. The second-order valence-electron chi connectivity index (χ2n) is 3.85. The van der Waals surface area contributed by atoms with Crippen molar-refractivity contribution in [2.45, 2.75) is 6.92 Å². The fourth-order valence-corrected chi connectivity index (χ4v) is 2.69. The molecule has 0 saturated carbocycles. The number of carboxylic acid groups (broad SMARTS) is 1. The first-order valence-corrected chi connectivity index (χ1v) is 6.97. The normalized spacial score (nSPS) is 10.2. The molecule has 2 rings (SSSR count). The van der Waals surface area contributed by atoms with Crippen molar-refractivity contribution in [1.29, 1.82) is 0 Å². The van der Waals surface area contributed by atoms with Gasteiger partial charge in [0, 0.05) is 20.5 Å². The Morgan fingerprint density at radius 3 is 2.47 bits per heavy atom. The Bertz CT molecular complexity index is 634. The third-order valence-electron chi connectivity index (χ3n) is 2.41. The maximum absolute atomic E-state index is 12.0. The van der Waals surface area contributed by atoms with Crippen molar-refractivity contribution < 1.29 is 14.7 Å². The van der Waals surface area contributed by atoms with E-state index in [0.717, 1.165) is 9.35 Å². The van der Waals surface area contributed by atoms with E-state index >= 15 is 0 Å². The highest BCUT2D eigenvalue weighted by molar-refractivity contribution is 9.10. The van der Waals surface area contributed by atoms with Crippen molar-refractivity contribution >= 4 is 44.1 Å². The van der Waals surface area contributed by atoms with Gasteiger partial charge in [0.25, 0.3) is 5.91 Å². The Hall–Kier alpha value is -1.66. The lowest BCUT2D eigenvalue weighted by Crippen LogP contribution is -2.23. The van der Waals surface area contributed by atoms with Gasteiger partial charge in [0.2, 0.25) is 0 Å². The molecular formula is C13H9BrNO3S-. The van der Waals surface area contributed by atoms with Crippen LogP contribution in [0.5, 0.6) is 0 Å². The van der Waals surface area contributed by atoms with Crippen molar-refractivity contribution in [3.63, 3.8) is 0 Å². The van der Waals surface area contributed by atoms with E-state index in [1.54, 1.807) is 31.2 Å². The number of hydrogen-bond donors (Lipinski definition) is 1. The zero-order valence-electron chi connectivity index (χ0n) is 9.90. The first-order valence-electron chi connectivity index (χ1n) is 5.36. The van der Waals surface area contributed by atoms with E-state index in [1.807, 2.05) is 0 Å². The number of anilines is 1. The minimum atomic E-state index is -1.30. The van der Waals surface area contributed by atoms with Crippen molar-refractivity contribution in [3.8, 4) is 0 Å².